The number of ether oxygens (including phenoxy) is 3. The van der Waals surface area contributed by atoms with Crippen LogP contribution >= 0.6 is 0 Å². The fourth-order valence-corrected chi connectivity index (χ4v) is 4.35. The summed E-state index contributed by atoms with van der Waals surface area (Å²) in [6.45, 7) is 0.299. The molecule has 2 aromatic rings. The second kappa shape index (κ2) is 4.80. The zero-order chi connectivity index (χ0) is 16.4. The number of phenols is 1. The van der Waals surface area contributed by atoms with Gasteiger partial charge >= 0.3 is 0 Å². The standard InChI is InChI=1S/C19H19NO4/c1-20-14-3-10-5-16(21)17(22-2)7-12(10)15(20)4-11-6-18-19(8-13(11)14)24-9-23-18/h5-8,14-15,21H,3-4,9H2,1-2H3/t14-,15?/m0/s1. The van der Waals surface area contributed by atoms with Crippen LogP contribution in [0.1, 0.15) is 34.3 Å². The summed E-state index contributed by atoms with van der Waals surface area (Å²) in [6, 6.07) is 8.67. The van der Waals surface area contributed by atoms with E-state index in [-0.39, 0.29) is 17.8 Å². The number of nitrogens with zero attached hydrogens (tertiary/aromatic N) is 1. The summed E-state index contributed by atoms with van der Waals surface area (Å²) in [5.74, 6) is 2.44. The third kappa shape index (κ3) is 1.79. The normalized spacial score (nSPS) is 23.6. The number of hydrogen-bond acceptors (Lipinski definition) is 5. The zero-order valence-corrected chi connectivity index (χ0v) is 13.7. The van der Waals surface area contributed by atoms with Crippen LogP contribution in [0.3, 0.4) is 0 Å². The highest BCUT2D eigenvalue weighted by Gasteiger charge is 2.39. The smallest absolute Gasteiger partial charge is 0.231 e. The molecule has 124 valence electrons. The average Bonchev–Trinajstić information content (AvgIpc) is 3.02. The maximum atomic E-state index is 10.1. The van der Waals surface area contributed by atoms with Crippen LogP contribution in [0.25, 0.3) is 0 Å². The van der Waals surface area contributed by atoms with E-state index >= 15 is 0 Å². The number of benzene rings is 2. The first-order chi connectivity index (χ1) is 11.7. The molecule has 2 aromatic carbocycles. The van der Waals surface area contributed by atoms with Gasteiger partial charge < -0.3 is 19.3 Å². The second-order valence-electron chi connectivity index (χ2n) is 6.73. The third-order valence-corrected chi connectivity index (χ3v) is 5.60. The fraction of sp³-hybridized carbons (Fsp3) is 0.368. The molecule has 3 heterocycles. The van der Waals surface area contributed by atoms with Gasteiger partial charge in [0, 0.05) is 12.1 Å². The highest BCUT2D eigenvalue weighted by molar-refractivity contribution is 5.55. The molecule has 5 nitrogen and oxygen atoms in total. The lowest BCUT2D eigenvalue weighted by Crippen LogP contribution is -2.40. The molecule has 0 fully saturated rings. The average molecular weight is 325 g/mol. The summed E-state index contributed by atoms with van der Waals surface area (Å²) in [7, 11) is 3.76. The summed E-state index contributed by atoms with van der Waals surface area (Å²) in [5, 5.41) is 10.1. The van der Waals surface area contributed by atoms with Gasteiger partial charge in [0.25, 0.3) is 0 Å². The summed E-state index contributed by atoms with van der Waals surface area (Å²) in [5.41, 5.74) is 5.07. The van der Waals surface area contributed by atoms with Gasteiger partial charge in [-0.05, 0) is 66.4 Å². The molecule has 1 unspecified atom stereocenters. The highest BCUT2D eigenvalue weighted by Crippen LogP contribution is 2.50. The van der Waals surface area contributed by atoms with Crippen molar-refractivity contribution in [1.82, 2.24) is 4.90 Å². The van der Waals surface area contributed by atoms with Gasteiger partial charge in [0.15, 0.2) is 23.0 Å². The number of methoxy groups -OCH3 is 1. The SMILES string of the molecule is COc1cc2c(cc1O)C[C@H]1c3cc4c(cc3CC2N1C)OCO4. The predicted molar refractivity (Wildman–Crippen MR) is 87.9 cm³/mol. The molecule has 2 bridgehead atoms. The molecule has 0 saturated heterocycles. The highest BCUT2D eigenvalue weighted by atomic mass is 16.7. The Kier molecular flexibility index (Phi) is 2.80. The van der Waals surface area contributed by atoms with Crippen LogP contribution in [-0.4, -0.2) is 31.0 Å². The molecular weight excluding hydrogens is 306 g/mol. The molecule has 0 amide bonds. The van der Waals surface area contributed by atoms with Gasteiger partial charge in [0.05, 0.1) is 7.11 Å². The van der Waals surface area contributed by atoms with Crippen molar-refractivity contribution in [3.8, 4) is 23.0 Å². The van der Waals surface area contributed by atoms with E-state index in [2.05, 4.69) is 24.1 Å². The van der Waals surface area contributed by atoms with E-state index < -0.39 is 0 Å². The van der Waals surface area contributed by atoms with E-state index in [1.54, 1.807) is 7.11 Å². The van der Waals surface area contributed by atoms with Crippen LogP contribution in [-0.2, 0) is 12.8 Å². The summed E-state index contributed by atoms with van der Waals surface area (Å²) >= 11 is 0. The molecule has 3 aliphatic rings. The molecule has 0 aliphatic carbocycles. The molecule has 0 saturated carbocycles. The molecule has 2 atom stereocenters. The topological polar surface area (TPSA) is 51.2 Å². The minimum atomic E-state index is 0.213. The first-order valence-electron chi connectivity index (χ1n) is 8.20. The largest absolute Gasteiger partial charge is 0.504 e. The minimum absolute atomic E-state index is 0.213. The molecule has 3 aliphatic heterocycles. The van der Waals surface area contributed by atoms with Crippen LogP contribution in [0.15, 0.2) is 24.3 Å². The fourth-order valence-electron chi connectivity index (χ4n) is 4.35. The third-order valence-electron chi connectivity index (χ3n) is 5.60. The molecule has 0 radical (unpaired) electrons. The Morgan fingerprint density at radius 3 is 2.33 bits per heavy atom. The Labute approximate surface area is 140 Å². The van der Waals surface area contributed by atoms with Crippen molar-refractivity contribution < 1.29 is 19.3 Å². The molecule has 1 N–H and O–H groups in total. The number of fused-ring (bicyclic) bond motifs is 7. The first kappa shape index (κ1) is 14.0. The molecule has 0 aromatic heterocycles. The molecular formula is C19H19NO4. The summed E-state index contributed by atoms with van der Waals surface area (Å²) < 4.78 is 16.4. The van der Waals surface area contributed by atoms with Crippen molar-refractivity contribution in [2.45, 2.75) is 24.9 Å². The lowest BCUT2D eigenvalue weighted by atomic mass is 9.76. The van der Waals surface area contributed by atoms with Crippen molar-refractivity contribution in [3.63, 3.8) is 0 Å². The number of rotatable bonds is 1. The van der Waals surface area contributed by atoms with Crippen LogP contribution in [0.5, 0.6) is 23.0 Å². The molecule has 5 rings (SSSR count). The second-order valence-corrected chi connectivity index (χ2v) is 6.73. The Morgan fingerprint density at radius 2 is 1.62 bits per heavy atom. The van der Waals surface area contributed by atoms with Gasteiger partial charge in [-0.1, -0.05) is 0 Å². The van der Waals surface area contributed by atoms with Gasteiger partial charge in [-0.15, -0.1) is 0 Å². The number of aromatic hydroxyl groups is 1. The van der Waals surface area contributed by atoms with Crippen LogP contribution in [0, 0.1) is 0 Å². The Balaban J connectivity index is 1.65. The van der Waals surface area contributed by atoms with Gasteiger partial charge in [0.1, 0.15) is 0 Å². The number of hydrogen-bond donors (Lipinski definition) is 1. The molecule has 0 spiro atoms. The quantitative estimate of drug-likeness (QED) is 0.873. The van der Waals surface area contributed by atoms with Crippen molar-refractivity contribution >= 4 is 0 Å². The summed E-state index contributed by atoms with van der Waals surface area (Å²) in [4.78, 5) is 2.42. The Bertz CT molecular complexity index is 848. The van der Waals surface area contributed by atoms with Gasteiger partial charge in [-0.3, -0.25) is 4.90 Å². The van der Waals surface area contributed by atoms with Crippen LogP contribution in [0.4, 0.5) is 0 Å². The lowest BCUT2D eigenvalue weighted by Gasteiger charge is -2.46. The Hall–Kier alpha value is -2.40. The molecule has 24 heavy (non-hydrogen) atoms. The summed E-state index contributed by atoms with van der Waals surface area (Å²) in [6.07, 6.45) is 1.78. The number of phenolic OH excluding ortho intramolecular Hbond substituents is 1. The van der Waals surface area contributed by atoms with E-state index in [1.165, 1.54) is 22.3 Å². The van der Waals surface area contributed by atoms with Crippen molar-refractivity contribution in [3.05, 3.63) is 46.5 Å². The van der Waals surface area contributed by atoms with E-state index in [0.29, 0.717) is 12.5 Å². The monoisotopic (exact) mass is 325 g/mol. The zero-order valence-electron chi connectivity index (χ0n) is 13.7. The molecule has 5 heteroatoms. The van der Waals surface area contributed by atoms with Crippen molar-refractivity contribution in [1.29, 1.82) is 0 Å². The lowest BCUT2D eigenvalue weighted by molar-refractivity contribution is 0.137. The van der Waals surface area contributed by atoms with Crippen molar-refractivity contribution in [2.24, 2.45) is 0 Å². The van der Waals surface area contributed by atoms with E-state index in [1.807, 2.05) is 12.1 Å². The van der Waals surface area contributed by atoms with E-state index in [4.69, 9.17) is 14.2 Å². The minimum Gasteiger partial charge on any atom is -0.504 e. The predicted octanol–water partition coefficient (Wildman–Crippen LogP) is 2.96. The van der Waals surface area contributed by atoms with Crippen LogP contribution in [0.2, 0.25) is 0 Å². The Morgan fingerprint density at radius 1 is 1.00 bits per heavy atom. The van der Waals surface area contributed by atoms with Gasteiger partial charge in [0.2, 0.25) is 6.79 Å². The van der Waals surface area contributed by atoms with Crippen LogP contribution < -0.4 is 14.2 Å². The number of likely N-dealkylation sites (N-methyl/N-ethyl adjacent to an activating group) is 1. The van der Waals surface area contributed by atoms with Crippen molar-refractivity contribution in [2.75, 3.05) is 21.0 Å². The van der Waals surface area contributed by atoms with E-state index in [9.17, 15) is 5.11 Å². The maximum Gasteiger partial charge on any atom is 0.231 e. The van der Waals surface area contributed by atoms with Gasteiger partial charge in [-0.2, -0.15) is 0 Å². The maximum absolute atomic E-state index is 10.1. The first-order valence-corrected chi connectivity index (χ1v) is 8.20. The van der Waals surface area contributed by atoms with Gasteiger partial charge in [-0.25, -0.2) is 0 Å². The van der Waals surface area contributed by atoms with E-state index in [0.717, 1.165) is 24.3 Å².